The summed E-state index contributed by atoms with van der Waals surface area (Å²) < 4.78 is 7.43. The maximum Gasteiger partial charge on any atom is 0.221 e. The number of amides is 1. The Bertz CT molecular complexity index is 717. The Morgan fingerprint density at radius 3 is 3.03 bits per heavy atom. The molecule has 2 aliphatic heterocycles. The minimum absolute atomic E-state index is 0.112. The van der Waals surface area contributed by atoms with E-state index in [9.17, 15) is 4.79 Å². The molecule has 3 heterocycles. The van der Waals surface area contributed by atoms with Gasteiger partial charge in [0.25, 0.3) is 0 Å². The first kappa shape index (κ1) is 22.5. The number of carbonyl (C=O) groups excluding carboxylic acids is 1. The molecule has 1 aromatic rings. The number of rotatable bonds is 10. The fourth-order valence-corrected chi connectivity index (χ4v) is 4.08. The summed E-state index contributed by atoms with van der Waals surface area (Å²) in [6.07, 6.45) is 16.3. The number of hydrogen-bond donors (Lipinski definition) is 2. The van der Waals surface area contributed by atoms with Crippen LogP contribution in [0.25, 0.3) is 0 Å². The van der Waals surface area contributed by atoms with Crippen LogP contribution in [-0.2, 0) is 9.53 Å². The van der Waals surface area contributed by atoms with Crippen LogP contribution in [0.2, 0.25) is 0 Å². The molecule has 0 saturated carbocycles. The van der Waals surface area contributed by atoms with E-state index >= 15 is 0 Å². The summed E-state index contributed by atoms with van der Waals surface area (Å²) in [6, 6.07) is 0.181. The van der Waals surface area contributed by atoms with E-state index in [0.29, 0.717) is 19.6 Å². The second kappa shape index (κ2) is 11.3. The largest absolute Gasteiger partial charge is 0.381 e. The Labute approximate surface area is 179 Å². The Morgan fingerprint density at radius 1 is 1.37 bits per heavy atom. The average Bonchev–Trinajstić information content (AvgIpc) is 3.28. The minimum atomic E-state index is -0.483. The van der Waals surface area contributed by atoms with Gasteiger partial charge in [-0.15, -0.1) is 0 Å². The van der Waals surface area contributed by atoms with Gasteiger partial charge in [-0.2, -0.15) is 0 Å². The maximum absolute atomic E-state index is 12.6. The van der Waals surface area contributed by atoms with E-state index in [1.54, 1.807) is 12.5 Å². The number of imidazole rings is 1. The van der Waals surface area contributed by atoms with Gasteiger partial charge in [0.2, 0.25) is 11.9 Å². The Balaban J connectivity index is 1.53. The lowest BCUT2D eigenvalue weighted by Crippen LogP contribution is -2.55. The zero-order valence-corrected chi connectivity index (χ0v) is 18.3. The second-order valence-electron chi connectivity index (χ2n) is 8.19. The topological polar surface area (TPSA) is 83.8 Å². The van der Waals surface area contributed by atoms with Crippen molar-refractivity contribution in [3.05, 3.63) is 31.0 Å². The molecule has 0 aliphatic carbocycles. The van der Waals surface area contributed by atoms with Gasteiger partial charge in [-0.25, -0.2) is 9.98 Å². The highest BCUT2D eigenvalue weighted by molar-refractivity contribution is 5.84. The molecule has 1 aromatic heterocycles. The SMILES string of the molecule is CCCCOCCCNC(=O)CC1CCCCN1C1(C)C=CNC(n2ccnc2)=N1. The van der Waals surface area contributed by atoms with Gasteiger partial charge in [-0.3, -0.25) is 14.3 Å². The van der Waals surface area contributed by atoms with Gasteiger partial charge in [0.1, 0.15) is 12.0 Å². The number of aliphatic imine (C=N–C) groups is 1. The van der Waals surface area contributed by atoms with Crippen LogP contribution >= 0.6 is 0 Å². The first-order valence-corrected chi connectivity index (χ1v) is 11.3. The van der Waals surface area contributed by atoms with Crippen LogP contribution in [0.3, 0.4) is 0 Å². The fourth-order valence-electron chi connectivity index (χ4n) is 4.08. The molecule has 2 aliphatic rings. The normalized spacial score (nSPS) is 24.3. The summed E-state index contributed by atoms with van der Waals surface area (Å²) in [4.78, 5) is 24.0. The standard InChI is InChI=1S/C22H36N6O2/c1-3-4-15-30-16-7-10-24-20(29)17-19-8-5-6-13-28(19)22(2)9-11-25-21(26-22)27-14-12-23-18-27/h9,11-12,14,18-19H,3-8,10,13,15-17H2,1-2H3,(H,24,29)(H,25,26). The van der Waals surface area contributed by atoms with E-state index in [0.717, 1.165) is 57.6 Å². The highest BCUT2D eigenvalue weighted by Crippen LogP contribution is 2.31. The van der Waals surface area contributed by atoms with Gasteiger partial charge in [-0.05, 0) is 38.7 Å². The summed E-state index contributed by atoms with van der Waals surface area (Å²) in [6.45, 7) is 7.39. The molecule has 8 heteroatoms. The molecule has 0 spiro atoms. The molecule has 2 atom stereocenters. The summed E-state index contributed by atoms with van der Waals surface area (Å²) in [5.41, 5.74) is -0.483. The monoisotopic (exact) mass is 416 g/mol. The molecule has 2 unspecified atom stereocenters. The molecule has 166 valence electrons. The Morgan fingerprint density at radius 2 is 2.23 bits per heavy atom. The van der Waals surface area contributed by atoms with E-state index < -0.39 is 5.66 Å². The van der Waals surface area contributed by atoms with Crippen molar-refractivity contribution in [2.45, 2.75) is 70.5 Å². The number of nitrogens with one attached hydrogen (secondary N) is 2. The van der Waals surface area contributed by atoms with E-state index in [2.05, 4.69) is 40.4 Å². The van der Waals surface area contributed by atoms with Crippen molar-refractivity contribution in [1.82, 2.24) is 25.1 Å². The van der Waals surface area contributed by atoms with Crippen molar-refractivity contribution >= 4 is 11.9 Å². The molecule has 8 nitrogen and oxygen atoms in total. The van der Waals surface area contributed by atoms with E-state index in [4.69, 9.17) is 9.73 Å². The van der Waals surface area contributed by atoms with Crippen LogP contribution < -0.4 is 10.6 Å². The van der Waals surface area contributed by atoms with Crippen LogP contribution in [0.1, 0.15) is 58.8 Å². The highest BCUT2D eigenvalue weighted by atomic mass is 16.5. The maximum atomic E-state index is 12.6. The molecular weight excluding hydrogens is 380 g/mol. The number of aromatic nitrogens is 2. The Hall–Kier alpha value is -2.19. The van der Waals surface area contributed by atoms with E-state index in [-0.39, 0.29) is 11.9 Å². The van der Waals surface area contributed by atoms with Crippen molar-refractivity contribution in [3.63, 3.8) is 0 Å². The highest BCUT2D eigenvalue weighted by Gasteiger charge is 2.38. The third kappa shape index (κ3) is 6.15. The second-order valence-corrected chi connectivity index (χ2v) is 8.19. The molecule has 1 amide bonds. The van der Waals surface area contributed by atoms with Gasteiger partial charge in [-0.1, -0.05) is 19.8 Å². The molecule has 0 bridgehead atoms. The summed E-state index contributed by atoms with van der Waals surface area (Å²) >= 11 is 0. The van der Waals surface area contributed by atoms with Crippen LogP contribution in [0.15, 0.2) is 36.0 Å². The van der Waals surface area contributed by atoms with E-state index in [1.807, 2.05) is 17.0 Å². The van der Waals surface area contributed by atoms with Crippen molar-refractivity contribution in [1.29, 1.82) is 0 Å². The van der Waals surface area contributed by atoms with Crippen LogP contribution in [0.5, 0.6) is 0 Å². The first-order chi connectivity index (χ1) is 14.6. The number of ether oxygens (including phenoxy) is 1. The van der Waals surface area contributed by atoms with Crippen molar-refractivity contribution in [3.8, 4) is 0 Å². The van der Waals surface area contributed by atoms with Crippen LogP contribution in [-0.4, -0.2) is 64.3 Å². The quantitative estimate of drug-likeness (QED) is 0.573. The molecule has 1 saturated heterocycles. The molecule has 3 rings (SSSR count). The molecule has 0 radical (unpaired) electrons. The van der Waals surface area contributed by atoms with Crippen molar-refractivity contribution in [2.75, 3.05) is 26.3 Å². The average molecular weight is 417 g/mol. The first-order valence-electron chi connectivity index (χ1n) is 11.3. The number of piperidine rings is 1. The minimum Gasteiger partial charge on any atom is -0.381 e. The zero-order valence-electron chi connectivity index (χ0n) is 18.3. The molecule has 2 N–H and O–H groups in total. The van der Waals surface area contributed by atoms with Gasteiger partial charge in [0.15, 0.2) is 0 Å². The summed E-state index contributed by atoms with van der Waals surface area (Å²) in [5.74, 6) is 0.857. The molecule has 30 heavy (non-hydrogen) atoms. The smallest absolute Gasteiger partial charge is 0.221 e. The number of nitrogens with zero attached hydrogens (tertiary/aromatic N) is 4. The number of hydrogen-bond acceptors (Lipinski definition) is 6. The third-order valence-electron chi connectivity index (χ3n) is 5.75. The number of likely N-dealkylation sites (tertiary alicyclic amines) is 1. The number of carbonyl (C=O) groups is 1. The van der Waals surface area contributed by atoms with Crippen molar-refractivity contribution < 1.29 is 9.53 Å². The predicted octanol–water partition coefficient (Wildman–Crippen LogP) is 2.49. The number of unbranched alkanes of at least 4 members (excludes halogenated alkanes) is 1. The Kier molecular flexibility index (Phi) is 8.45. The van der Waals surface area contributed by atoms with Crippen molar-refractivity contribution in [2.24, 2.45) is 4.99 Å². The summed E-state index contributed by atoms with van der Waals surface area (Å²) in [7, 11) is 0. The lowest BCUT2D eigenvalue weighted by atomic mass is 9.94. The summed E-state index contributed by atoms with van der Waals surface area (Å²) in [5, 5.41) is 6.26. The molecule has 0 aromatic carbocycles. The lowest BCUT2D eigenvalue weighted by molar-refractivity contribution is -0.123. The van der Waals surface area contributed by atoms with Crippen LogP contribution in [0.4, 0.5) is 0 Å². The predicted molar refractivity (Wildman–Crippen MR) is 118 cm³/mol. The third-order valence-corrected chi connectivity index (χ3v) is 5.75. The van der Waals surface area contributed by atoms with Gasteiger partial charge in [0.05, 0.1) is 0 Å². The molecule has 1 fully saturated rings. The van der Waals surface area contributed by atoms with Crippen LogP contribution in [0, 0.1) is 0 Å². The lowest BCUT2D eigenvalue weighted by Gasteiger charge is -2.45. The zero-order chi connectivity index (χ0) is 21.2. The molecular formula is C22H36N6O2. The van der Waals surface area contributed by atoms with Gasteiger partial charge in [0, 0.05) is 57.4 Å². The van der Waals surface area contributed by atoms with E-state index in [1.165, 1.54) is 0 Å². The fraction of sp³-hybridized carbons (Fsp3) is 0.682. The van der Waals surface area contributed by atoms with Gasteiger partial charge >= 0.3 is 0 Å². The van der Waals surface area contributed by atoms with Gasteiger partial charge < -0.3 is 15.4 Å².